The summed E-state index contributed by atoms with van der Waals surface area (Å²) in [5.41, 5.74) is 0.209. The molecule has 1 aromatic heterocycles. The van der Waals surface area contributed by atoms with E-state index in [1.807, 2.05) is 30.3 Å². The first kappa shape index (κ1) is 14.6. The summed E-state index contributed by atoms with van der Waals surface area (Å²) in [6, 6.07) is 9.23. The van der Waals surface area contributed by atoms with E-state index in [1.54, 1.807) is 0 Å². The van der Waals surface area contributed by atoms with Crippen LogP contribution in [0.5, 0.6) is 5.75 Å². The predicted molar refractivity (Wildman–Crippen MR) is 77.2 cm³/mol. The lowest BCUT2D eigenvalue weighted by molar-refractivity contribution is -0.116. The van der Waals surface area contributed by atoms with Crippen LogP contribution in [-0.2, 0) is 4.79 Å². The molecular weight excluding hydrogens is 301 g/mol. The van der Waals surface area contributed by atoms with Gasteiger partial charge in [-0.25, -0.2) is 9.97 Å². The molecule has 1 aromatic carbocycles. The summed E-state index contributed by atoms with van der Waals surface area (Å²) in [6.45, 7) is 0.249. The van der Waals surface area contributed by atoms with Gasteiger partial charge in [0, 0.05) is 0 Å². The summed E-state index contributed by atoms with van der Waals surface area (Å²) < 4.78 is 5.42. The van der Waals surface area contributed by atoms with E-state index < -0.39 is 0 Å². The number of para-hydroxylation sites is 1. The molecule has 2 aromatic rings. The highest BCUT2D eigenvalue weighted by molar-refractivity contribution is 6.38. The highest BCUT2D eigenvalue weighted by atomic mass is 35.5. The van der Waals surface area contributed by atoms with Crippen molar-refractivity contribution >= 4 is 34.8 Å². The van der Waals surface area contributed by atoms with E-state index in [4.69, 9.17) is 27.9 Å². The third-order valence-electron chi connectivity index (χ3n) is 2.36. The monoisotopic (exact) mass is 311 g/mol. The number of anilines is 1. The largest absolute Gasteiger partial charge is 0.493 e. The highest BCUT2D eigenvalue weighted by Gasteiger charge is 2.11. The molecule has 0 radical (unpaired) electrons. The van der Waals surface area contributed by atoms with Crippen LogP contribution in [0.1, 0.15) is 6.42 Å². The molecule has 0 unspecified atom stereocenters. The van der Waals surface area contributed by atoms with E-state index in [0.717, 1.165) is 0 Å². The molecule has 1 N–H and O–H groups in total. The van der Waals surface area contributed by atoms with Gasteiger partial charge in [-0.05, 0) is 12.1 Å². The minimum atomic E-state index is -0.278. The quantitative estimate of drug-likeness (QED) is 0.861. The van der Waals surface area contributed by atoms with Gasteiger partial charge in [0.25, 0.3) is 0 Å². The fourth-order valence-corrected chi connectivity index (χ4v) is 1.84. The third-order valence-corrected chi connectivity index (χ3v) is 2.93. The predicted octanol–water partition coefficient (Wildman–Crippen LogP) is 3.19. The van der Waals surface area contributed by atoms with Crippen molar-refractivity contribution in [2.24, 2.45) is 0 Å². The van der Waals surface area contributed by atoms with E-state index in [2.05, 4.69) is 15.3 Å². The number of hydrogen-bond acceptors (Lipinski definition) is 4. The Morgan fingerprint density at radius 1 is 1.15 bits per heavy atom. The topological polar surface area (TPSA) is 64.1 Å². The van der Waals surface area contributed by atoms with Gasteiger partial charge in [-0.15, -0.1) is 0 Å². The van der Waals surface area contributed by atoms with Crippen LogP contribution in [0.4, 0.5) is 5.69 Å². The molecule has 0 aliphatic heterocycles. The van der Waals surface area contributed by atoms with Crippen LogP contribution in [0, 0.1) is 0 Å². The number of nitrogens with zero attached hydrogens (tertiary/aromatic N) is 2. The molecule has 0 aliphatic rings. The van der Waals surface area contributed by atoms with Crippen molar-refractivity contribution in [1.82, 2.24) is 9.97 Å². The number of rotatable bonds is 5. The van der Waals surface area contributed by atoms with Crippen LogP contribution in [0.3, 0.4) is 0 Å². The normalized spacial score (nSPS) is 10.1. The number of carbonyl (C=O) groups excluding carboxylic acids is 1. The van der Waals surface area contributed by atoms with Crippen molar-refractivity contribution in [2.45, 2.75) is 6.42 Å². The van der Waals surface area contributed by atoms with Crippen molar-refractivity contribution in [3.05, 3.63) is 47.0 Å². The number of benzene rings is 1. The maximum absolute atomic E-state index is 11.7. The number of amides is 1. The molecule has 5 nitrogen and oxygen atoms in total. The molecule has 2 rings (SSSR count). The minimum absolute atomic E-state index is 0.0994. The minimum Gasteiger partial charge on any atom is -0.493 e. The molecule has 0 saturated heterocycles. The van der Waals surface area contributed by atoms with E-state index in [1.165, 1.54) is 6.33 Å². The number of halogens is 2. The molecule has 0 atom stereocenters. The van der Waals surface area contributed by atoms with Gasteiger partial charge >= 0.3 is 0 Å². The van der Waals surface area contributed by atoms with Gasteiger partial charge in [0.05, 0.1) is 13.0 Å². The number of hydrogen-bond donors (Lipinski definition) is 1. The zero-order valence-corrected chi connectivity index (χ0v) is 11.9. The molecule has 1 amide bonds. The molecule has 0 spiro atoms. The molecule has 1 heterocycles. The van der Waals surface area contributed by atoms with E-state index >= 15 is 0 Å². The van der Waals surface area contributed by atoms with Gasteiger partial charge < -0.3 is 10.1 Å². The Morgan fingerprint density at radius 2 is 1.80 bits per heavy atom. The Morgan fingerprint density at radius 3 is 2.45 bits per heavy atom. The van der Waals surface area contributed by atoms with Gasteiger partial charge in [0.2, 0.25) is 5.91 Å². The molecule has 20 heavy (non-hydrogen) atoms. The van der Waals surface area contributed by atoms with Crippen molar-refractivity contribution < 1.29 is 9.53 Å². The van der Waals surface area contributed by atoms with Gasteiger partial charge in [-0.2, -0.15) is 0 Å². The van der Waals surface area contributed by atoms with Crippen molar-refractivity contribution in [3.63, 3.8) is 0 Å². The van der Waals surface area contributed by atoms with Gasteiger partial charge in [-0.1, -0.05) is 41.4 Å². The summed E-state index contributed by atoms with van der Waals surface area (Å²) in [6.07, 6.45) is 1.38. The Kier molecular flexibility index (Phi) is 5.15. The lowest BCUT2D eigenvalue weighted by atomic mass is 10.3. The van der Waals surface area contributed by atoms with Crippen LogP contribution < -0.4 is 10.1 Å². The van der Waals surface area contributed by atoms with E-state index in [9.17, 15) is 4.79 Å². The highest BCUT2D eigenvalue weighted by Crippen LogP contribution is 2.25. The van der Waals surface area contributed by atoms with Crippen LogP contribution >= 0.6 is 23.2 Å². The summed E-state index contributed by atoms with van der Waals surface area (Å²) in [5.74, 6) is 0.430. The fourth-order valence-electron chi connectivity index (χ4n) is 1.43. The maximum atomic E-state index is 11.7. The number of aromatic nitrogens is 2. The average Bonchev–Trinajstić information content (AvgIpc) is 2.44. The Balaban J connectivity index is 1.84. The van der Waals surface area contributed by atoms with Crippen molar-refractivity contribution in [1.29, 1.82) is 0 Å². The lowest BCUT2D eigenvalue weighted by Crippen LogP contribution is -2.16. The number of nitrogens with one attached hydrogen (secondary N) is 1. The second-order valence-electron chi connectivity index (χ2n) is 3.79. The Bertz CT molecular complexity index is 573. The smallest absolute Gasteiger partial charge is 0.227 e. The van der Waals surface area contributed by atoms with Gasteiger partial charge in [-0.3, -0.25) is 4.79 Å². The Labute approximate surface area is 125 Å². The first-order valence-electron chi connectivity index (χ1n) is 5.80. The zero-order valence-electron chi connectivity index (χ0n) is 10.3. The number of carbonyl (C=O) groups is 1. The maximum Gasteiger partial charge on any atom is 0.227 e. The summed E-state index contributed by atoms with van der Waals surface area (Å²) >= 11 is 11.6. The van der Waals surface area contributed by atoms with Crippen LogP contribution in [0.2, 0.25) is 10.3 Å². The van der Waals surface area contributed by atoms with E-state index in [0.29, 0.717) is 5.75 Å². The average molecular weight is 312 g/mol. The SMILES string of the molecule is O=C(CCOc1ccccc1)Nc1c(Cl)ncnc1Cl. The molecule has 0 aliphatic carbocycles. The van der Waals surface area contributed by atoms with Gasteiger partial charge in [0.1, 0.15) is 17.8 Å². The van der Waals surface area contributed by atoms with Crippen molar-refractivity contribution in [3.8, 4) is 5.75 Å². The molecular formula is C13H11Cl2N3O2. The molecule has 0 saturated carbocycles. The standard InChI is InChI=1S/C13H11Cl2N3O2/c14-12-11(13(15)17-8-16-12)18-10(19)6-7-20-9-4-2-1-3-5-9/h1-5,8H,6-7H2,(H,18,19). The second-order valence-corrected chi connectivity index (χ2v) is 4.51. The van der Waals surface area contributed by atoms with Crippen LogP contribution in [0.15, 0.2) is 36.7 Å². The van der Waals surface area contributed by atoms with Crippen LogP contribution in [0.25, 0.3) is 0 Å². The molecule has 0 bridgehead atoms. The summed E-state index contributed by atoms with van der Waals surface area (Å²) in [7, 11) is 0. The summed E-state index contributed by atoms with van der Waals surface area (Å²) in [5, 5.41) is 2.76. The lowest BCUT2D eigenvalue weighted by Gasteiger charge is -2.08. The number of ether oxygens (including phenoxy) is 1. The molecule has 0 fully saturated rings. The first-order valence-corrected chi connectivity index (χ1v) is 6.56. The third kappa shape index (κ3) is 4.08. The Hall–Kier alpha value is -1.85. The fraction of sp³-hybridized carbons (Fsp3) is 0.154. The summed E-state index contributed by atoms with van der Waals surface area (Å²) in [4.78, 5) is 19.2. The molecule has 104 valence electrons. The van der Waals surface area contributed by atoms with E-state index in [-0.39, 0.29) is 34.9 Å². The van der Waals surface area contributed by atoms with Gasteiger partial charge in [0.15, 0.2) is 10.3 Å². The van der Waals surface area contributed by atoms with Crippen LogP contribution in [-0.4, -0.2) is 22.5 Å². The van der Waals surface area contributed by atoms with Crippen molar-refractivity contribution in [2.75, 3.05) is 11.9 Å². The zero-order chi connectivity index (χ0) is 14.4. The molecule has 7 heteroatoms. The second kappa shape index (κ2) is 7.07. The first-order chi connectivity index (χ1) is 9.66.